The highest BCUT2D eigenvalue weighted by atomic mass is 16.1. The average Bonchev–Trinajstić information content (AvgIpc) is 3.11. The van der Waals surface area contributed by atoms with E-state index in [9.17, 15) is 4.79 Å². The van der Waals surface area contributed by atoms with Crippen molar-refractivity contribution >= 4 is 16.8 Å². The fourth-order valence-electron chi connectivity index (χ4n) is 2.22. The van der Waals surface area contributed by atoms with Crippen LogP contribution >= 0.6 is 0 Å². The third-order valence-electron chi connectivity index (χ3n) is 3.33. The quantitative estimate of drug-likeness (QED) is 0.688. The molecule has 0 spiro atoms. The maximum Gasteiger partial charge on any atom is 0.251 e. The van der Waals surface area contributed by atoms with Crippen LogP contribution in [0.15, 0.2) is 36.5 Å². The highest BCUT2D eigenvalue weighted by Gasteiger charge is 2.09. The molecule has 1 amide bonds. The lowest BCUT2D eigenvalue weighted by Gasteiger charge is -2.07. The van der Waals surface area contributed by atoms with Crippen LogP contribution in [-0.2, 0) is 0 Å². The molecule has 5 heteroatoms. The smallest absolute Gasteiger partial charge is 0.251 e. The van der Waals surface area contributed by atoms with Crippen LogP contribution in [0.25, 0.3) is 22.3 Å². The molecule has 2 heterocycles. The van der Waals surface area contributed by atoms with Gasteiger partial charge in [0.1, 0.15) is 5.69 Å². The molecule has 0 aliphatic rings. The Labute approximate surface area is 122 Å². The highest BCUT2D eigenvalue weighted by molar-refractivity contribution is 5.98. The van der Waals surface area contributed by atoms with E-state index < -0.39 is 0 Å². The van der Waals surface area contributed by atoms with Crippen LogP contribution in [-0.4, -0.2) is 27.6 Å². The van der Waals surface area contributed by atoms with Crippen molar-refractivity contribution in [3.8, 4) is 11.4 Å². The largest absolute Gasteiger partial charge is 0.353 e. The van der Waals surface area contributed by atoms with Gasteiger partial charge in [0.2, 0.25) is 0 Å². The first-order valence-electron chi connectivity index (χ1n) is 7.04. The van der Waals surface area contributed by atoms with Crippen LogP contribution in [0.1, 0.15) is 24.2 Å². The van der Waals surface area contributed by atoms with E-state index in [0.29, 0.717) is 18.0 Å². The molecule has 108 valence electrons. The number of aromatic nitrogens is 3. The zero-order chi connectivity index (χ0) is 14.8. The summed E-state index contributed by atoms with van der Waals surface area (Å²) >= 11 is 0. The Bertz CT molecular complexity index is 756. The molecule has 5 nitrogen and oxygen atoms in total. The molecule has 0 saturated heterocycles. The second kappa shape index (κ2) is 5.44. The Morgan fingerprint density at radius 3 is 2.86 bits per heavy atom. The average molecular weight is 282 g/mol. The molecule has 3 rings (SSSR count). The summed E-state index contributed by atoms with van der Waals surface area (Å²) in [6.45, 7) is 4.83. The Morgan fingerprint density at radius 2 is 2.14 bits per heavy atom. The molecule has 0 saturated carbocycles. The van der Waals surface area contributed by atoms with Crippen molar-refractivity contribution in [3.05, 3.63) is 42.1 Å². The van der Waals surface area contributed by atoms with Crippen LogP contribution in [0.2, 0.25) is 0 Å². The van der Waals surface area contributed by atoms with Crippen LogP contribution in [0, 0.1) is 5.92 Å². The van der Waals surface area contributed by atoms with Crippen molar-refractivity contribution in [2.75, 3.05) is 6.54 Å². The predicted octanol–water partition coefficient (Wildman–Crippen LogP) is 2.94. The molecule has 0 bridgehead atoms. The summed E-state index contributed by atoms with van der Waals surface area (Å²) in [4.78, 5) is 15.4. The number of amides is 1. The lowest BCUT2D eigenvalue weighted by Crippen LogP contribution is -2.27. The van der Waals surface area contributed by atoms with E-state index in [1.165, 1.54) is 0 Å². The summed E-state index contributed by atoms with van der Waals surface area (Å²) in [6.07, 6.45) is 1.78. The van der Waals surface area contributed by atoms with Gasteiger partial charge in [-0.2, -0.15) is 5.10 Å². The third kappa shape index (κ3) is 2.81. The molecule has 1 aromatic carbocycles. The Morgan fingerprint density at radius 1 is 1.29 bits per heavy atom. The number of fused-ring (bicyclic) bond motifs is 1. The maximum absolute atomic E-state index is 12.1. The van der Waals surface area contributed by atoms with E-state index in [2.05, 4.69) is 34.3 Å². The zero-order valence-corrected chi connectivity index (χ0v) is 12.1. The number of aromatic amines is 2. The number of nitrogens with one attached hydrogen (secondary N) is 3. The Balaban J connectivity index is 1.88. The van der Waals surface area contributed by atoms with Crippen molar-refractivity contribution in [1.82, 2.24) is 20.5 Å². The number of rotatable bonds is 4. The van der Waals surface area contributed by atoms with E-state index in [1.807, 2.05) is 30.3 Å². The van der Waals surface area contributed by atoms with Gasteiger partial charge in [-0.05, 0) is 30.2 Å². The summed E-state index contributed by atoms with van der Waals surface area (Å²) in [6, 6.07) is 9.61. The molecule has 0 atom stereocenters. The minimum atomic E-state index is -0.0403. The highest BCUT2D eigenvalue weighted by Crippen LogP contribution is 2.23. The summed E-state index contributed by atoms with van der Waals surface area (Å²) < 4.78 is 0. The molecule has 21 heavy (non-hydrogen) atoms. The second-order valence-electron chi connectivity index (χ2n) is 5.55. The second-order valence-corrected chi connectivity index (χ2v) is 5.55. The minimum Gasteiger partial charge on any atom is -0.353 e. The normalized spacial score (nSPS) is 11.2. The molecule has 2 aromatic heterocycles. The number of nitrogens with zero attached hydrogens (tertiary/aromatic N) is 1. The number of benzene rings is 1. The van der Waals surface area contributed by atoms with Crippen molar-refractivity contribution in [2.24, 2.45) is 5.92 Å². The number of carbonyl (C=O) groups excluding carboxylic acids is 1. The lowest BCUT2D eigenvalue weighted by molar-refractivity contribution is 0.0949. The number of hydrogen-bond donors (Lipinski definition) is 3. The zero-order valence-electron chi connectivity index (χ0n) is 12.1. The summed E-state index contributed by atoms with van der Waals surface area (Å²) in [5.41, 5.74) is 3.40. The number of H-pyrrole nitrogens is 2. The van der Waals surface area contributed by atoms with Crippen molar-refractivity contribution in [2.45, 2.75) is 13.8 Å². The van der Waals surface area contributed by atoms with E-state index in [0.717, 1.165) is 22.3 Å². The van der Waals surface area contributed by atoms with Crippen LogP contribution in [0.5, 0.6) is 0 Å². The van der Waals surface area contributed by atoms with E-state index >= 15 is 0 Å². The maximum atomic E-state index is 12.1. The van der Waals surface area contributed by atoms with Crippen molar-refractivity contribution in [3.63, 3.8) is 0 Å². The predicted molar refractivity (Wildman–Crippen MR) is 83.1 cm³/mol. The molecular formula is C16H18N4O. The summed E-state index contributed by atoms with van der Waals surface area (Å²) in [5.74, 6) is 0.399. The van der Waals surface area contributed by atoms with Gasteiger partial charge in [-0.15, -0.1) is 0 Å². The standard InChI is InChI=1S/C16H18N4O/c1-10(2)9-17-16(21)12-4-3-11-7-15(19-14(11)8-12)13-5-6-18-20-13/h3-8,10,19H,9H2,1-2H3,(H,17,21)(H,18,20). The van der Waals surface area contributed by atoms with Gasteiger partial charge < -0.3 is 10.3 Å². The van der Waals surface area contributed by atoms with Gasteiger partial charge in [0.05, 0.1) is 5.69 Å². The monoisotopic (exact) mass is 282 g/mol. The Kier molecular flexibility index (Phi) is 3.48. The number of carbonyl (C=O) groups is 1. The Hall–Kier alpha value is -2.56. The lowest BCUT2D eigenvalue weighted by atomic mass is 10.1. The molecule has 3 N–H and O–H groups in total. The van der Waals surface area contributed by atoms with Gasteiger partial charge in [-0.25, -0.2) is 0 Å². The van der Waals surface area contributed by atoms with Gasteiger partial charge >= 0.3 is 0 Å². The van der Waals surface area contributed by atoms with Gasteiger partial charge in [-0.3, -0.25) is 9.89 Å². The SMILES string of the molecule is CC(C)CNC(=O)c1ccc2cc(-c3cc[nH]n3)[nH]c2c1. The molecular weight excluding hydrogens is 264 g/mol. The molecule has 0 radical (unpaired) electrons. The van der Waals surface area contributed by atoms with E-state index in [-0.39, 0.29) is 5.91 Å². The molecule has 0 unspecified atom stereocenters. The topological polar surface area (TPSA) is 73.6 Å². The first kappa shape index (κ1) is 13.4. The fourth-order valence-corrected chi connectivity index (χ4v) is 2.22. The van der Waals surface area contributed by atoms with Crippen molar-refractivity contribution in [1.29, 1.82) is 0 Å². The molecule has 3 aromatic rings. The van der Waals surface area contributed by atoms with Crippen LogP contribution in [0.3, 0.4) is 0 Å². The number of hydrogen-bond acceptors (Lipinski definition) is 2. The summed E-state index contributed by atoms with van der Waals surface area (Å²) in [5, 5.41) is 10.9. The van der Waals surface area contributed by atoms with Gasteiger partial charge in [-0.1, -0.05) is 19.9 Å². The first-order valence-corrected chi connectivity index (χ1v) is 7.04. The summed E-state index contributed by atoms with van der Waals surface area (Å²) in [7, 11) is 0. The fraction of sp³-hybridized carbons (Fsp3) is 0.250. The molecule has 0 fully saturated rings. The van der Waals surface area contributed by atoms with Gasteiger partial charge in [0.15, 0.2) is 0 Å². The molecule has 0 aliphatic carbocycles. The van der Waals surface area contributed by atoms with Crippen LogP contribution in [0.4, 0.5) is 0 Å². The minimum absolute atomic E-state index is 0.0403. The third-order valence-corrected chi connectivity index (χ3v) is 3.33. The van der Waals surface area contributed by atoms with Gasteiger partial charge in [0.25, 0.3) is 5.91 Å². The first-order chi connectivity index (χ1) is 10.1. The molecule has 0 aliphatic heterocycles. The van der Waals surface area contributed by atoms with Gasteiger partial charge in [0, 0.05) is 29.2 Å². The van der Waals surface area contributed by atoms with Crippen molar-refractivity contribution < 1.29 is 4.79 Å². The van der Waals surface area contributed by atoms with E-state index in [4.69, 9.17) is 0 Å². The van der Waals surface area contributed by atoms with E-state index in [1.54, 1.807) is 6.20 Å². The van der Waals surface area contributed by atoms with Crippen LogP contribution < -0.4 is 5.32 Å².